The first-order chi connectivity index (χ1) is 14.0. The van der Waals surface area contributed by atoms with Crippen molar-refractivity contribution < 1.29 is 9.59 Å². The van der Waals surface area contributed by atoms with Crippen LogP contribution >= 0.6 is 11.3 Å². The van der Waals surface area contributed by atoms with Crippen molar-refractivity contribution in [2.45, 2.75) is 39.0 Å². The Morgan fingerprint density at radius 3 is 2.66 bits per heavy atom. The SMILES string of the molecule is Cc1cccc(NC(=O)c2c(NC(=O)c3ccnn3C)sc3c2CCCCC3)c1. The average Bonchev–Trinajstić information content (AvgIpc) is 3.17. The van der Waals surface area contributed by atoms with Crippen LogP contribution in [0.3, 0.4) is 0 Å². The van der Waals surface area contributed by atoms with E-state index in [0.29, 0.717) is 16.3 Å². The molecular weight excluding hydrogens is 384 g/mol. The van der Waals surface area contributed by atoms with E-state index in [1.54, 1.807) is 19.3 Å². The Labute approximate surface area is 173 Å². The van der Waals surface area contributed by atoms with Gasteiger partial charge < -0.3 is 10.6 Å². The van der Waals surface area contributed by atoms with Gasteiger partial charge in [0, 0.05) is 23.8 Å². The molecule has 2 N–H and O–H groups in total. The van der Waals surface area contributed by atoms with Crippen LogP contribution in [0.4, 0.5) is 10.7 Å². The molecule has 1 aromatic carbocycles. The van der Waals surface area contributed by atoms with E-state index in [1.807, 2.05) is 31.2 Å². The summed E-state index contributed by atoms with van der Waals surface area (Å²) in [4.78, 5) is 27.2. The number of amides is 2. The molecular formula is C22H24N4O2S. The Morgan fingerprint density at radius 2 is 1.90 bits per heavy atom. The number of hydrogen-bond acceptors (Lipinski definition) is 4. The second kappa shape index (κ2) is 8.21. The number of rotatable bonds is 4. The van der Waals surface area contributed by atoms with Crippen molar-refractivity contribution in [1.29, 1.82) is 0 Å². The van der Waals surface area contributed by atoms with Crippen molar-refractivity contribution >= 4 is 33.8 Å². The molecule has 0 bridgehead atoms. The van der Waals surface area contributed by atoms with E-state index in [4.69, 9.17) is 0 Å². The summed E-state index contributed by atoms with van der Waals surface area (Å²) in [5, 5.41) is 10.7. The Hall–Kier alpha value is -2.93. The van der Waals surface area contributed by atoms with Crippen LogP contribution < -0.4 is 10.6 Å². The van der Waals surface area contributed by atoms with Crippen molar-refractivity contribution in [3.63, 3.8) is 0 Å². The molecule has 0 spiro atoms. The van der Waals surface area contributed by atoms with Crippen molar-refractivity contribution in [3.05, 3.63) is 63.8 Å². The molecule has 0 saturated heterocycles. The number of aryl methyl sites for hydroxylation is 3. The fraction of sp³-hybridized carbons (Fsp3) is 0.318. The minimum absolute atomic E-state index is 0.171. The number of nitrogens with one attached hydrogen (secondary N) is 2. The third-order valence-electron chi connectivity index (χ3n) is 5.20. The number of carbonyl (C=O) groups excluding carboxylic acids is 2. The van der Waals surface area contributed by atoms with E-state index < -0.39 is 0 Å². The number of anilines is 2. The van der Waals surface area contributed by atoms with Crippen LogP contribution in [-0.4, -0.2) is 21.6 Å². The molecule has 4 rings (SSSR count). The van der Waals surface area contributed by atoms with Gasteiger partial charge in [0.15, 0.2) is 0 Å². The van der Waals surface area contributed by atoms with Crippen LogP contribution in [0, 0.1) is 6.92 Å². The molecule has 29 heavy (non-hydrogen) atoms. The molecule has 2 heterocycles. The van der Waals surface area contributed by atoms with Gasteiger partial charge in [-0.1, -0.05) is 18.6 Å². The fourth-order valence-electron chi connectivity index (χ4n) is 3.75. The highest BCUT2D eigenvalue weighted by atomic mass is 32.1. The highest BCUT2D eigenvalue weighted by molar-refractivity contribution is 7.17. The van der Waals surface area contributed by atoms with E-state index in [9.17, 15) is 9.59 Å². The zero-order valence-electron chi connectivity index (χ0n) is 16.6. The van der Waals surface area contributed by atoms with Gasteiger partial charge in [0.1, 0.15) is 10.7 Å². The van der Waals surface area contributed by atoms with Crippen LogP contribution in [0.2, 0.25) is 0 Å². The predicted octanol–water partition coefficient (Wildman–Crippen LogP) is 4.56. The lowest BCUT2D eigenvalue weighted by Crippen LogP contribution is -2.19. The van der Waals surface area contributed by atoms with Gasteiger partial charge in [0.2, 0.25) is 0 Å². The minimum Gasteiger partial charge on any atom is -0.322 e. The molecule has 2 aromatic heterocycles. The van der Waals surface area contributed by atoms with Gasteiger partial charge >= 0.3 is 0 Å². The summed E-state index contributed by atoms with van der Waals surface area (Å²) >= 11 is 1.53. The van der Waals surface area contributed by atoms with E-state index in [2.05, 4.69) is 15.7 Å². The van der Waals surface area contributed by atoms with Gasteiger partial charge in [-0.15, -0.1) is 11.3 Å². The third-order valence-corrected chi connectivity index (χ3v) is 6.41. The van der Waals surface area contributed by atoms with Gasteiger partial charge in [-0.2, -0.15) is 5.10 Å². The molecule has 0 aliphatic heterocycles. The number of carbonyl (C=O) groups is 2. The first-order valence-corrected chi connectivity index (χ1v) is 10.7. The number of nitrogens with zero attached hydrogens (tertiary/aromatic N) is 2. The maximum Gasteiger partial charge on any atom is 0.274 e. The van der Waals surface area contributed by atoms with E-state index in [-0.39, 0.29) is 11.8 Å². The van der Waals surface area contributed by atoms with Crippen molar-refractivity contribution in [2.75, 3.05) is 10.6 Å². The van der Waals surface area contributed by atoms with E-state index in [1.165, 1.54) is 20.9 Å². The van der Waals surface area contributed by atoms with E-state index >= 15 is 0 Å². The topological polar surface area (TPSA) is 76.0 Å². The Kier molecular flexibility index (Phi) is 5.49. The van der Waals surface area contributed by atoms with Crippen LogP contribution in [0.25, 0.3) is 0 Å². The molecule has 0 saturated carbocycles. The van der Waals surface area contributed by atoms with Crippen LogP contribution in [-0.2, 0) is 19.9 Å². The number of thiophene rings is 1. The molecule has 1 aliphatic rings. The first-order valence-electron chi connectivity index (χ1n) is 9.85. The van der Waals surface area contributed by atoms with Crippen molar-refractivity contribution in [3.8, 4) is 0 Å². The maximum absolute atomic E-state index is 13.3. The zero-order chi connectivity index (χ0) is 20.4. The predicted molar refractivity (Wildman–Crippen MR) is 116 cm³/mol. The highest BCUT2D eigenvalue weighted by Gasteiger charge is 2.26. The Bertz CT molecular complexity index is 1070. The molecule has 150 valence electrons. The Morgan fingerprint density at radius 1 is 1.07 bits per heavy atom. The van der Waals surface area contributed by atoms with Crippen molar-refractivity contribution in [1.82, 2.24) is 9.78 Å². The van der Waals surface area contributed by atoms with Crippen LogP contribution in [0.1, 0.15) is 56.1 Å². The normalized spacial score (nSPS) is 13.4. The van der Waals surface area contributed by atoms with Gasteiger partial charge in [-0.05, 0) is 61.9 Å². The number of hydrogen-bond donors (Lipinski definition) is 2. The summed E-state index contributed by atoms with van der Waals surface area (Å²) in [6.45, 7) is 1.99. The molecule has 0 atom stereocenters. The van der Waals surface area contributed by atoms with Gasteiger partial charge in [0.05, 0.1) is 5.56 Å². The van der Waals surface area contributed by atoms with Gasteiger partial charge in [-0.3, -0.25) is 14.3 Å². The standard InChI is InChI=1S/C22H24N4O2S/c1-14-7-6-8-15(13-14)24-21(28)19-16-9-4-3-5-10-18(16)29-22(19)25-20(27)17-11-12-23-26(17)2/h6-8,11-13H,3-5,9-10H2,1-2H3,(H,24,28)(H,25,27). The second-order valence-electron chi connectivity index (χ2n) is 7.39. The first kappa shape index (κ1) is 19.4. The van der Waals surface area contributed by atoms with Crippen LogP contribution in [0.15, 0.2) is 36.5 Å². The van der Waals surface area contributed by atoms with Gasteiger partial charge in [0.25, 0.3) is 11.8 Å². The molecule has 6 nitrogen and oxygen atoms in total. The number of aromatic nitrogens is 2. The van der Waals surface area contributed by atoms with Crippen LogP contribution in [0.5, 0.6) is 0 Å². The zero-order valence-corrected chi connectivity index (χ0v) is 17.4. The van der Waals surface area contributed by atoms with E-state index in [0.717, 1.165) is 48.9 Å². The smallest absolute Gasteiger partial charge is 0.274 e. The minimum atomic E-state index is -0.258. The fourth-order valence-corrected chi connectivity index (χ4v) is 5.03. The quantitative estimate of drug-likeness (QED) is 0.621. The summed E-state index contributed by atoms with van der Waals surface area (Å²) in [5.74, 6) is -0.429. The summed E-state index contributed by atoms with van der Waals surface area (Å²) in [6, 6.07) is 9.40. The maximum atomic E-state index is 13.3. The molecule has 7 heteroatoms. The Balaban J connectivity index is 1.68. The molecule has 0 radical (unpaired) electrons. The summed E-state index contributed by atoms with van der Waals surface area (Å²) in [7, 11) is 1.73. The number of fused-ring (bicyclic) bond motifs is 1. The molecule has 0 unspecified atom stereocenters. The van der Waals surface area contributed by atoms with Crippen molar-refractivity contribution in [2.24, 2.45) is 7.05 Å². The molecule has 3 aromatic rings. The number of benzene rings is 1. The molecule has 1 aliphatic carbocycles. The lowest BCUT2D eigenvalue weighted by molar-refractivity contribution is 0.101. The summed E-state index contributed by atoms with van der Waals surface area (Å²) in [6.07, 6.45) is 6.74. The monoisotopic (exact) mass is 408 g/mol. The third kappa shape index (κ3) is 4.10. The molecule has 0 fully saturated rings. The second-order valence-corrected chi connectivity index (χ2v) is 8.49. The van der Waals surface area contributed by atoms with Gasteiger partial charge in [-0.25, -0.2) is 0 Å². The lowest BCUT2D eigenvalue weighted by Gasteiger charge is -2.11. The molecule has 2 amide bonds. The lowest BCUT2D eigenvalue weighted by atomic mass is 10.0. The highest BCUT2D eigenvalue weighted by Crippen LogP contribution is 2.38. The average molecular weight is 409 g/mol. The largest absolute Gasteiger partial charge is 0.322 e. The summed E-state index contributed by atoms with van der Waals surface area (Å²) in [5.41, 5.74) is 3.98. The summed E-state index contributed by atoms with van der Waals surface area (Å²) < 4.78 is 1.53.